The van der Waals surface area contributed by atoms with Gasteiger partial charge in [-0.05, 0) is 34.5 Å². The number of aromatic nitrogens is 3. The lowest BCUT2D eigenvalue weighted by Gasteiger charge is -2.03. The number of hydrogen-bond donors (Lipinski definition) is 1. The van der Waals surface area contributed by atoms with E-state index in [2.05, 4.69) is 26.0 Å². The zero-order valence-electron chi connectivity index (χ0n) is 7.61. The number of nitrogens with zero attached hydrogens (tertiary/aromatic N) is 3. The number of rotatable bonds is 1. The molecule has 72 valence electrons. The van der Waals surface area contributed by atoms with Crippen LogP contribution in [0, 0.1) is 6.92 Å². The van der Waals surface area contributed by atoms with E-state index in [-0.39, 0.29) is 0 Å². The highest BCUT2D eigenvalue weighted by molar-refractivity contribution is 9.10. The van der Waals surface area contributed by atoms with Crippen molar-refractivity contribution in [2.45, 2.75) is 6.92 Å². The van der Waals surface area contributed by atoms with Crippen molar-refractivity contribution >= 4 is 21.7 Å². The summed E-state index contributed by atoms with van der Waals surface area (Å²) in [5, 5.41) is 4.16. The number of anilines is 1. The monoisotopic (exact) mass is 252 g/mol. The van der Waals surface area contributed by atoms with Crippen LogP contribution in [-0.2, 0) is 0 Å². The first-order valence-corrected chi connectivity index (χ1v) is 4.89. The molecule has 0 spiro atoms. The molecular weight excluding hydrogens is 244 g/mol. The van der Waals surface area contributed by atoms with Crippen molar-refractivity contribution in [3.63, 3.8) is 0 Å². The molecule has 0 radical (unpaired) electrons. The minimum atomic E-state index is 0.487. The molecule has 14 heavy (non-hydrogen) atoms. The fraction of sp³-hybridized carbons (Fsp3) is 0.111. The maximum atomic E-state index is 5.63. The van der Waals surface area contributed by atoms with E-state index < -0.39 is 0 Å². The van der Waals surface area contributed by atoms with Crippen LogP contribution in [0.2, 0.25) is 0 Å². The quantitative estimate of drug-likeness (QED) is 0.844. The summed E-state index contributed by atoms with van der Waals surface area (Å²) in [6.07, 6.45) is 5.35. The zero-order chi connectivity index (χ0) is 10.1. The van der Waals surface area contributed by atoms with Crippen molar-refractivity contribution in [3.05, 3.63) is 34.7 Å². The number of hydrogen-bond acceptors (Lipinski definition) is 3. The average Bonchev–Trinajstić information content (AvgIpc) is 2.48. The van der Waals surface area contributed by atoms with Crippen LogP contribution < -0.4 is 5.73 Å². The second kappa shape index (κ2) is 3.42. The van der Waals surface area contributed by atoms with Gasteiger partial charge in [0.25, 0.3) is 0 Å². The first kappa shape index (κ1) is 9.21. The maximum absolute atomic E-state index is 5.63. The Morgan fingerprint density at radius 2 is 2.29 bits per heavy atom. The van der Waals surface area contributed by atoms with E-state index >= 15 is 0 Å². The topological polar surface area (TPSA) is 56.7 Å². The second-order valence-corrected chi connectivity index (χ2v) is 3.82. The first-order valence-electron chi connectivity index (χ1n) is 4.10. The minimum Gasteiger partial charge on any atom is -0.381 e. The molecule has 0 unspecified atom stereocenters. The van der Waals surface area contributed by atoms with Gasteiger partial charge in [0.1, 0.15) is 0 Å². The van der Waals surface area contributed by atoms with Crippen LogP contribution in [0.5, 0.6) is 0 Å². The lowest BCUT2D eigenvalue weighted by atomic mass is 10.3. The molecule has 0 bridgehead atoms. The smallest absolute Gasteiger partial charge is 0.160 e. The third-order valence-corrected chi connectivity index (χ3v) is 2.54. The van der Waals surface area contributed by atoms with Gasteiger partial charge in [-0.1, -0.05) is 0 Å². The van der Waals surface area contributed by atoms with E-state index in [0.29, 0.717) is 5.82 Å². The van der Waals surface area contributed by atoms with Crippen LogP contribution in [0.1, 0.15) is 5.56 Å². The number of pyridine rings is 1. The molecule has 2 aromatic rings. The lowest BCUT2D eigenvalue weighted by Crippen LogP contribution is -1.98. The van der Waals surface area contributed by atoms with Gasteiger partial charge in [0.2, 0.25) is 0 Å². The van der Waals surface area contributed by atoms with Gasteiger partial charge in [-0.15, -0.1) is 5.10 Å². The summed E-state index contributed by atoms with van der Waals surface area (Å²) in [5.41, 5.74) is 7.68. The van der Waals surface area contributed by atoms with Crippen molar-refractivity contribution in [1.29, 1.82) is 0 Å². The van der Waals surface area contributed by atoms with Crippen molar-refractivity contribution in [1.82, 2.24) is 14.8 Å². The molecule has 2 N–H and O–H groups in total. The van der Waals surface area contributed by atoms with E-state index in [4.69, 9.17) is 5.73 Å². The van der Waals surface area contributed by atoms with Crippen LogP contribution in [0.3, 0.4) is 0 Å². The molecule has 4 nitrogen and oxygen atoms in total. The number of nitrogen functional groups attached to an aromatic ring is 1. The van der Waals surface area contributed by atoms with E-state index in [0.717, 1.165) is 15.7 Å². The summed E-state index contributed by atoms with van der Waals surface area (Å²) in [7, 11) is 0. The molecule has 0 aliphatic rings. The molecule has 0 atom stereocenters. The Morgan fingerprint density at radius 3 is 2.86 bits per heavy atom. The SMILES string of the molecule is Cc1cnccc1-n1cc(Br)c(N)n1. The highest BCUT2D eigenvalue weighted by Crippen LogP contribution is 2.20. The summed E-state index contributed by atoms with van der Waals surface area (Å²) in [6.45, 7) is 1.98. The van der Waals surface area contributed by atoms with E-state index in [1.165, 1.54) is 0 Å². The van der Waals surface area contributed by atoms with Crippen molar-refractivity contribution in [3.8, 4) is 5.69 Å². The molecule has 2 heterocycles. The predicted molar refractivity (Wildman–Crippen MR) is 58.2 cm³/mol. The fourth-order valence-corrected chi connectivity index (χ4v) is 1.49. The molecule has 2 rings (SSSR count). The zero-order valence-corrected chi connectivity index (χ0v) is 9.19. The standard InChI is InChI=1S/C9H9BrN4/c1-6-4-12-3-2-8(6)14-5-7(10)9(11)13-14/h2-5H,1H3,(H2,11,13). The van der Waals surface area contributed by atoms with E-state index in [9.17, 15) is 0 Å². The number of aryl methyl sites for hydroxylation is 1. The average molecular weight is 253 g/mol. The Bertz CT molecular complexity index is 444. The summed E-state index contributed by atoms with van der Waals surface area (Å²) in [4.78, 5) is 4.02. The Kier molecular flexibility index (Phi) is 2.25. The van der Waals surface area contributed by atoms with Crippen LogP contribution in [0.15, 0.2) is 29.1 Å². The van der Waals surface area contributed by atoms with Gasteiger partial charge in [-0.3, -0.25) is 4.98 Å². The molecule has 2 aromatic heterocycles. The largest absolute Gasteiger partial charge is 0.381 e. The number of nitrogens with two attached hydrogens (primary N) is 1. The third-order valence-electron chi connectivity index (χ3n) is 1.93. The highest BCUT2D eigenvalue weighted by atomic mass is 79.9. The second-order valence-electron chi connectivity index (χ2n) is 2.97. The molecule has 0 aliphatic heterocycles. The summed E-state index contributed by atoms with van der Waals surface area (Å²) in [6, 6.07) is 1.90. The van der Waals surface area contributed by atoms with E-state index in [1.807, 2.05) is 19.2 Å². The van der Waals surface area contributed by atoms with Gasteiger partial charge < -0.3 is 5.73 Å². The van der Waals surface area contributed by atoms with Crippen LogP contribution in [-0.4, -0.2) is 14.8 Å². The van der Waals surface area contributed by atoms with Crippen LogP contribution in [0.25, 0.3) is 5.69 Å². The molecule has 0 saturated carbocycles. The number of halogens is 1. The summed E-state index contributed by atoms with van der Waals surface area (Å²) in [5.74, 6) is 0.487. The summed E-state index contributed by atoms with van der Waals surface area (Å²) < 4.78 is 2.53. The van der Waals surface area contributed by atoms with Crippen molar-refractivity contribution < 1.29 is 0 Å². The summed E-state index contributed by atoms with van der Waals surface area (Å²) >= 11 is 3.31. The Hall–Kier alpha value is -1.36. The maximum Gasteiger partial charge on any atom is 0.160 e. The van der Waals surface area contributed by atoms with Gasteiger partial charge in [-0.2, -0.15) is 0 Å². The molecule has 0 aromatic carbocycles. The molecule has 5 heteroatoms. The highest BCUT2D eigenvalue weighted by Gasteiger charge is 2.05. The van der Waals surface area contributed by atoms with E-state index in [1.54, 1.807) is 17.1 Å². The fourth-order valence-electron chi connectivity index (χ4n) is 1.21. The van der Waals surface area contributed by atoms with Gasteiger partial charge >= 0.3 is 0 Å². The lowest BCUT2D eigenvalue weighted by molar-refractivity contribution is 0.873. The minimum absolute atomic E-state index is 0.487. The predicted octanol–water partition coefficient (Wildman–Crippen LogP) is 1.92. The first-order chi connectivity index (χ1) is 6.68. The normalized spacial score (nSPS) is 10.4. The van der Waals surface area contributed by atoms with Crippen molar-refractivity contribution in [2.75, 3.05) is 5.73 Å². The van der Waals surface area contributed by atoms with Crippen LogP contribution >= 0.6 is 15.9 Å². The van der Waals surface area contributed by atoms with Gasteiger partial charge in [0.15, 0.2) is 5.82 Å². The molecule has 0 amide bonds. The Balaban J connectivity index is 2.55. The Labute approximate surface area is 89.9 Å². The van der Waals surface area contributed by atoms with Gasteiger partial charge in [0.05, 0.1) is 10.2 Å². The van der Waals surface area contributed by atoms with Gasteiger partial charge in [-0.25, -0.2) is 4.68 Å². The molecule has 0 saturated heterocycles. The van der Waals surface area contributed by atoms with Crippen LogP contribution in [0.4, 0.5) is 5.82 Å². The third kappa shape index (κ3) is 1.50. The molecular formula is C9H9BrN4. The Morgan fingerprint density at radius 1 is 1.50 bits per heavy atom. The molecule has 0 fully saturated rings. The van der Waals surface area contributed by atoms with Gasteiger partial charge in [0, 0.05) is 18.6 Å². The molecule has 0 aliphatic carbocycles. The van der Waals surface area contributed by atoms with Crippen molar-refractivity contribution in [2.24, 2.45) is 0 Å².